The van der Waals surface area contributed by atoms with Crippen molar-refractivity contribution in [1.29, 1.82) is 0 Å². The molecule has 0 radical (unpaired) electrons. The Balaban J connectivity index is 2.43. The summed E-state index contributed by atoms with van der Waals surface area (Å²) in [4.78, 5) is 11.3. The highest BCUT2D eigenvalue weighted by Crippen LogP contribution is 2.25. The molecule has 0 spiro atoms. The van der Waals surface area contributed by atoms with Crippen molar-refractivity contribution in [3.05, 3.63) is 41.0 Å². The van der Waals surface area contributed by atoms with Gasteiger partial charge < -0.3 is 5.11 Å². The molecule has 5 heteroatoms. The molecule has 19 heavy (non-hydrogen) atoms. The zero-order valence-electron chi connectivity index (χ0n) is 10.6. The lowest BCUT2D eigenvalue weighted by atomic mass is 10.1. The molecular weight excluding hydrogens is 264 g/mol. The summed E-state index contributed by atoms with van der Waals surface area (Å²) in [6, 6.07) is 7.07. The lowest BCUT2D eigenvalue weighted by molar-refractivity contribution is 0.0697. The Morgan fingerprint density at radius 1 is 1.47 bits per heavy atom. The molecule has 0 amide bonds. The van der Waals surface area contributed by atoms with Gasteiger partial charge in [0.1, 0.15) is 11.3 Å². The van der Waals surface area contributed by atoms with Gasteiger partial charge in [-0.3, -0.25) is 4.68 Å². The number of hydrogen-bond donors (Lipinski definition) is 1. The maximum absolute atomic E-state index is 11.3. The minimum atomic E-state index is -0.974. The van der Waals surface area contributed by atoms with Gasteiger partial charge in [0, 0.05) is 23.3 Å². The molecular formula is C14H15ClN2O2. The fraction of sp³-hybridized carbons (Fsp3) is 0.286. The van der Waals surface area contributed by atoms with Crippen molar-refractivity contribution in [2.75, 3.05) is 0 Å². The fourth-order valence-corrected chi connectivity index (χ4v) is 2.05. The summed E-state index contributed by atoms with van der Waals surface area (Å²) in [6.07, 6.45) is 3.58. The first kappa shape index (κ1) is 13.6. The van der Waals surface area contributed by atoms with Gasteiger partial charge in [-0.1, -0.05) is 37.1 Å². The number of halogens is 1. The zero-order valence-corrected chi connectivity index (χ0v) is 11.4. The van der Waals surface area contributed by atoms with Crippen LogP contribution in [-0.4, -0.2) is 20.9 Å². The standard InChI is InChI=1S/C14H15ClN2O2/c1-2-3-7-17-9-12(14(18)19)13(16-17)10-5-4-6-11(15)8-10/h4-6,8-9H,2-3,7H2,1H3,(H,18,19). The average Bonchev–Trinajstić information content (AvgIpc) is 2.80. The van der Waals surface area contributed by atoms with E-state index in [2.05, 4.69) is 12.0 Å². The predicted molar refractivity (Wildman–Crippen MR) is 74.5 cm³/mol. The highest BCUT2D eigenvalue weighted by atomic mass is 35.5. The third-order valence-electron chi connectivity index (χ3n) is 2.83. The van der Waals surface area contributed by atoms with Crippen LogP contribution in [0.4, 0.5) is 0 Å². The molecule has 1 aromatic heterocycles. The largest absolute Gasteiger partial charge is 0.478 e. The van der Waals surface area contributed by atoms with E-state index in [-0.39, 0.29) is 5.56 Å². The van der Waals surface area contributed by atoms with Gasteiger partial charge in [0.15, 0.2) is 0 Å². The molecule has 0 fully saturated rings. The Kier molecular flexibility index (Phi) is 4.22. The molecule has 0 aliphatic rings. The number of aromatic nitrogens is 2. The first-order chi connectivity index (χ1) is 9.11. The number of carbonyl (C=O) groups is 1. The van der Waals surface area contributed by atoms with Crippen molar-refractivity contribution in [3.8, 4) is 11.3 Å². The second kappa shape index (κ2) is 5.89. The lowest BCUT2D eigenvalue weighted by Gasteiger charge is -2.00. The van der Waals surface area contributed by atoms with Gasteiger partial charge in [-0.15, -0.1) is 0 Å². The van der Waals surface area contributed by atoms with Crippen LogP contribution >= 0.6 is 11.6 Å². The van der Waals surface area contributed by atoms with E-state index in [1.807, 2.05) is 6.07 Å². The molecule has 2 rings (SSSR count). The van der Waals surface area contributed by atoms with E-state index in [1.165, 1.54) is 0 Å². The predicted octanol–water partition coefficient (Wildman–Crippen LogP) is 3.70. The van der Waals surface area contributed by atoms with Crippen LogP contribution in [0.15, 0.2) is 30.5 Å². The summed E-state index contributed by atoms with van der Waals surface area (Å²) >= 11 is 5.94. The molecule has 1 N–H and O–H groups in total. The highest BCUT2D eigenvalue weighted by Gasteiger charge is 2.17. The first-order valence-electron chi connectivity index (χ1n) is 6.18. The van der Waals surface area contributed by atoms with Crippen LogP contribution in [0, 0.1) is 0 Å². The number of carboxylic acids is 1. The fourth-order valence-electron chi connectivity index (χ4n) is 1.86. The van der Waals surface area contributed by atoms with Crippen molar-refractivity contribution in [3.63, 3.8) is 0 Å². The van der Waals surface area contributed by atoms with Crippen LogP contribution in [0.25, 0.3) is 11.3 Å². The molecule has 0 saturated carbocycles. The van der Waals surface area contributed by atoms with Crippen molar-refractivity contribution < 1.29 is 9.90 Å². The molecule has 0 atom stereocenters. The normalized spacial score (nSPS) is 10.6. The number of aryl methyl sites for hydroxylation is 1. The van der Waals surface area contributed by atoms with Crippen molar-refractivity contribution >= 4 is 17.6 Å². The second-order valence-corrected chi connectivity index (χ2v) is 4.76. The number of benzene rings is 1. The lowest BCUT2D eigenvalue weighted by Crippen LogP contribution is -1.98. The van der Waals surface area contributed by atoms with Gasteiger partial charge >= 0.3 is 5.97 Å². The molecule has 1 aromatic carbocycles. The summed E-state index contributed by atoms with van der Waals surface area (Å²) in [5.74, 6) is -0.974. The van der Waals surface area contributed by atoms with E-state index < -0.39 is 5.97 Å². The number of carboxylic acid groups (broad SMARTS) is 1. The monoisotopic (exact) mass is 278 g/mol. The summed E-state index contributed by atoms with van der Waals surface area (Å²) in [5, 5.41) is 14.2. The van der Waals surface area contributed by atoms with Crippen LogP contribution in [0.3, 0.4) is 0 Å². The highest BCUT2D eigenvalue weighted by molar-refractivity contribution is 6.30. The van der Waals surface area contributed by atoms with E-state index in [9.17, 15) is 9.90 Å². The van der Waals surface area contributed by atoms with Gasteiger partial charge in [0.05, 0.1) is 0 Å². The molecule has 0 unspecified atom stereocenters. The maximum atomic E-state index is 11.3. The second-order valence-electron chi connectivity index (χ2n) is 4.32. The Morgan fingerprint density at radius 2 is 2.26 bits per heavy atom. The number of rotatable bonds is 5. The van der Waals surface area contributed by atoms with Crippen LogP contribution in [-0.2, 0) is 6.54 Å². The van der Waals surface area contributed by atoms with Crippen LogP contribution in [0.2, 0.25) is 5.02 Å². The Morgan fingerprint density at radius 3 is 2.89 bits per heavy atom. The topological polar surface area (TPSA) is 55.1 Å². The van der Waals surface area contributed by atoms with E-state index in [1.54, 1.807) is 29.1 Å². The van der Waals surface area contributed by atoms with Gasteiger partial charge in [-0.2, -0.15) is 5.10 Å². The smallest absolute Gasteiger partial charge is 0.339 e. The molecule has 4 nitrogen and oxygen atoms in total. The van der Waals surface area contributed by atoms with E-state index >= 15 is 0 Å². The van der Waals surface area contributed by atoms with Crippen molar-refractivity contribution in [2.45, 2.75) is 26.3 Å². The minimum Gasteiger partial charge on any atom is -0.478 e. The molecule has 2 aromatic rings. The molecule has 1 heterocycles. The van der Waals surface area contributed by atoms with Gasteiger partial charge in [-0.25, -0.2) is 4.79 Å². The SMILES string of the molecule is CCCCn1cc(C(=O)O)c(-c2cccc(Cl)c2)n1. The van der Waals surface area contributed by atoms with Crippen molar-refractivity contribution in [2.24, 2.45) is 0 Å². The molecule has 0 saturated heterocycles. The minimum absolute atomic E-state index is 0.207. The summed E-state index contributed by atoms with van der Waals surface area (Å²) in [6.45, 7) is 2.80. The number of nitrogens with zero attached hydrogens (tertiary/aromatic N) is 2. The van der Waals surface area contributed by atoms with Crippen LogP contribution in [0.1, 0.15) is 30.1 Å². The average molecular weight is 279 g/mol. The third-order valence-corrected chi connectivity index (χ3v) is 3.07. The Labute approximate surface area is 116 Å². The molecule has 0 aliphatic heterocycles. The van der Waals surface area contributed by atoms with Gasteiger partial charge in [-0.05, 0) is 18.6 Å². The van der Waals surface area contributed by atoms with E-state index in [0.717, 1.165) is 24.9 Å². The Bertz CT molecular complexity index is 593. The Hall–Kier alpha value is -1.81. The molecule has 0 aliphatic carbocycles. The molecule has 0 bridgehead atoms. The number of unbranched alkanes of at least 4 members (excludes halogenated alkanes) is 1. The molecule has 100 valence electrons. The van der Waals surface area contributed by atoms with E-state index in [4.69, 9.17) is 11.6 Å². The van der Waals surface area contributed by atoms with Gasteiger partial charge in [0.2, 0.25) is 0 Å². The maximum Gasteiger partial charge on any atom is 0.339 e. The van der Waals surface area contributed by atoms with Gasteiger partial charge in [0.25, 0.3) is 0 Å². The summed E-state index contributed by atoms with van der Waals surface area (Å²) < 4.78 is 1.68. The summed E-state index contributed by atoms with van der Waals surface area (Å²) in [7, 11) is 0. The van der Waals surface area contributed by atoms with Crippen LogP contribution < -0.4 is 0 Å². The van der Waals surface area contributed by atoms with Crippen molar-refractivity contribution in [1.82, 2.24) is 9.78 Å². The van der Waals surface area contributed by atoms with E-state index in [0.29, 0.717) is 10.7 Å². The summed E-state index contributed by atoms with van der Waals surface area (Å²) in [5.41, 5.74) is 1.39. The number of aromatic carboxylic acids is 1. The zero-order chi connectivity index (χ0) is 13.8. The first-order valence-corrected chi connectivity index (χ1v) is 6.56. The quantitative estimate of drug-likeness (QED) is 0.907. The van der Waals surface area contributed by atoms with Crippen LogP contribution in [0.5, 0.6) is 0 Å². The third kappa shape index (κ3) is 3.15. The number of hydrogen-bond acceptors (Lipinski definition) is 2.